The van der Waals surface area contributed by atoms with Crippen LogP contribution in [0.5, 0.6) is 0 Å². The van der Waals surface area contributed by atoms with Gasteiger partial charge in [-0.05, 0) is 35.9 Å². The molecule has 0 atom stereocenters. The molecule has 148 valence electrons. The maximum absolute atomic E-state index is 14.2. The van der Waals surface area contributed by atoms with Crippen LogP contribution in [-0.2, 0) is 10.0 Å². The summed E-state index contributed by atoms with van der Waals surface area (Å²) in [5, 5.41) is 7.86. The van der Waals surface area contributed by atoms with Crippen LogP contribution in [0.3, 0.4) is 0 Å². The fourth-order valence-electron chi connectivity index (χ4n) is 2.55. The Bertz CT molecular complexity index is 1160. The number of hydrogen-bond donors (Lipinski definition) is 1. The number of hydrogen-bond acceptors (Lipinski definition) is 4. The first kappa shape index (κ1) is 20.2. The highest BCUT2D eigenvalue weighted by Crippen LogP contribution is 2.40. The molecule has 0 aliphatic carbocycles. The Morgan fingerprint density at radius 2 is 1.61 bits per heavy atom. The van der Waals surface area contributed by atoms with Crippen LogP contribution in [0.25, 0.3) is 22.4 Å². The van der Waals surface area contributed by atoms with Crippen molar-refractivity contribution >= 4 is 21.6 Å². The highest BCUT2D eigenvalue weighted by atomic mass is 35.5. The van der Waals surface area contributed by atoms with Gasteiger partial charge >= 0.3 is 0 Å². The average molecular weight is 439 g/mol. The molecule has 12 heteroatoms. The van der Waals surface area contributed by atoms with E-state index < -0.39 is 55.7 Å². The standard InChI is InChI=1S/C16H8ClF5N2O3S/c17-8-3-6(1-2-9(8)18)13-12(14(16(21)22)27-24-13)7-4-10(19)15(11(20)5-7)28(23,25)26/h1-5,16H,(H2,23,25,26). The van der Waals surface area contributed by atoms with Crippen LogP contribution >= 0.6 is 11.6 Å². The quantitative estimate of drug-likeness (QED) is 0.600. The molecule has 1 aromatic heterocycles. The minimum absolute atomic E-state index is 0.0217. The van der Waals surface area contributed by atoms with Gasteiger partial charge in [0.25, 0.3) is 6.43 Å². The third-order valence-electron chi connectivity index (χ3n) is 3.68. The van der Waals surface area contributed by atoms with Crippen molar-refractivity contribution in [2.45, 2.75) is 11.3 Å². The van der Waals surface area contributed by atoms with Crippen molar-refractivity contribution < 1.29 is 34.9 Å². The average Bonchev–Trinajstić information content (AvgIpc) is 3.00. The van der Waals surface area contributed by atoms with Crippen LogP contribution < -0.4 is 5.14 Å². The third-order valence-corrected chi connectivity index (χ3v) is 4.93. The van der Waals surface area contributed by atoms with Gasteiger partial charge in [0, 0.05) is 5.56 Å². The lowest BCUT2D eigenvalue weighted by Gasteiger charge is -2.08. The van der Waals surface area contributed by atoms with Gasteiger partial charge in [0.05, 0.1) is 10.6 Å². The molecule has 0 saturated heterocycles. The van der Waals surface area contributed by atoms with Gasteiger partial charge in [0.15, 0.2) is 4.90 Å². The Kier molecular flexibility index (Phi) is 5.17. The lowest BCUT2D eigenvalue weighted by Crippen LogP contribution is -2.16. The number of rotatable bonds is 4. The molecule has 0 aliphatic rings. The number of primary sulfonamides is 1. The van der Waals surface area contributed by atoms with E-state index in [0.717, 1.165) is 18.2 Å². The first-order valence-electron chi connectivity index (χ1n) is 7.26. The molecule has 0 spiro atoms. The van der Waals surface area contributed by atoms with Gasteiger partial charge in [-0.3, -0.25) is 0 Å². The largest absolute Gasteiger partial charge is 0.354 e. The van der Waals surface area contributed by atoms with E-state index >= 15 is 0 Å². The van der Waals surface area contributed by atoms with E-state index in [-0.39, 0.29) is 16.3 Å². The van der Waals surface area contributed by atoms with E-state index in [2.05, 4.69) is 9.68 Å². The molecule has 3 aromatic rings. The lowest BCUT2D eigenvalue weighted by molar-refractivity contribution is 0.113. The zero-order valence-electron chi connectivity index (χ0n) is 13.4. The summed E-state index contributed by atoms with van der Waals surface area (Å²) in [6.07, 6.45) is -3.23. The van der Waals surface area contributed by atoms with E-state index in [1.807, 2.05) is 0 Å². The predicted octanol–water partition coefficient (Wildman–Crippen LogP) is 4.66. The van der Waals surface area contributed by atoms with Crippen molar-refractivity contribution in [3.63, 3.8) is 0 Å². The molecular formula is C16H8ClF5N2O3S. The number of aromatic nitrogens is 1. The summed E-state index contributed by atoms with van der Waals surface area (Å²) < 4.78 is 95.6. The smallest absolute Gasteiger partial charge is 0.298 e. The van der Waals surface area contributed by atoms with Crippen molar-refractivity contribution in [1.82, 2.24) is 5.16 Å². The number of sulfonamides is 1. The SMILES string of the molecule is NS(=O)(=O)c1c(F)cc(-c2c(-c3ccc(F)c(Cl)c3)noc2C(F)F)cc1F. The second-order valence-electron chi connectivity index (χ2n) is 5.51. The van der Waals surface area contributed by atoms with Gasteiger partial charge in [-0.25, -0.2) is 35.5 Å². The monoisotopic (exact) mass is 438 g/mol. The molecule has 2 aromatic carbocycles. The van der Waals surface area contributed by atoms with Crippen LogP contribution in [0.15, 0.2) is 39.8 Å². The van der Waals surface area contributed by atoms with Gasteiger partial charge < -0.3 is 4.52 Å². The number of nitrogens with zero attached hydrogens (tertiary/aromatic N) is 1. The van der Waals surface area contributed by atoms with Gasteiger partial charge in [0.2, 0.25) is 15.8 Å². The molecule has 1 heterocycles. The zero-order chi connectivity index (χ0) is 20.8. The minimum atomic E-state index is -4.75. The van der Waals surface area contributed by atoms with Crippen molar-refractivity contribution in [3.8, 4) is 22.4 Å². The molecule has 0 amide bonds. The molecule has 2 N–H and O–H groups in total. The summed E-state index contributed by atoms with van der Waals surface area (Å²) in [4.78, 5) is -1.42. The molecule has 28 heavy (non-hydrogen) atoms. The molecule has 3 rings (SSSR count). The summed E-state index contributed by atoms with van der Waals surface area (Å²) in [6, 6.07) is 4.12. The third kappa shape index (κ3) is 3.60. The number of benzene rings is 2. The maximum atomic E-state index is 14.2. The van der Waals surface area contributed by atoms with E-state index in [9.17, 15) is 30.4 Å². The van der Waals surface area contributed by atoms with Crippen LogP contribution in [-0.4, -0.2) is 13.6 Å². The van der Waals surface area contributed by atoms with Crippen LogP contribution in [0.4, 0.5) is 22.0 Å². The van der Waals surface area contributed by atoms with Crippen molar-refractivity contribution in [1.29, 1.82) is 0 Å². The second kappa shape index (κ2) is 7.15. The molecular weight excluding hydrogens is 431 g/mol. The number of halogens is 6. The Morgan fingerprint density at radius 3 is 2.11 bits per heavy atom. The fourth-order valence-corrected chi connectivity index (χ4v) is 3.39. The Hall–Kier alpha value is -2.50. The van der Waals surface area contributed by atoms with Gasteiger partial charge in [-0.1, -0.05) is 16.8 Å². The Labute approximate surface area is 159 Å². The number of nitrogens with two attached hydrogens (primary N) is 1. The Morgan fingerprint density at radius 1 is 1.00 bits per heavy atom. The summed E-state index contributed by atoms with van der Waals surface area (Å²) in [5.41, 5.74) is -1.29. The van der Waals surface area contributed by atoms with E-state index in [0.29, 0.717) is 12.1 Å². The molecule has 0 fully saturated rings. The summed E-state index contributed by atoms with van der Waals surface area (Å²) >= 11 is 5.67. The van der Waals surface area contributed by atoms with Crippen molar-refractivity contribution in [3.05, 3.63) is 58.6 Å². The van der Waals surface area contributed by atoms with Crippen LogP contribution in [0.1, 0.15) is 12.2 Å². The van der Waals surface area contributed by atoms with E-state index in [4.69, 9.17) is 16.7 Å². The number of alkyl halides is 2. The Balaban J connectivity index is 2.30. The molecule has 5 nitrogen and oxygen atoms in total. The normalized spacial score (nSPS) is 12.0. The lowest BCUT2D eigenvalue weighted by atomic mass is 9.99. The van der Waals surface area contributed by atoms with Crippen molar-refractivity contribution in [2.75, 3.05) is 0 Å². The highest BCUT2D eigenvalue weighted by Gasteiger charge is 2.29. The molecule has 0 bridgehead atoms. The first-order valence-corrected chi connectivity index (χ1v) is 9.18. The summed E-state index contributed by atoms with van der Waals surface area (Å²) in [5.74, 6) is -5.01. The van der Waals surface area contributed by atoms with Crippen molar-refractivity contribution in [2.24, 2.45) is 5.14 Å². The molecule has 0 radical (unpaired) electrons. The van der Waals surface area contributed by atoms with Gasteiger partial charge in [-0.15, -0.1) is 0 Å². The fraction of sp³-hybridized carbons (Fsp3) is 0.0625. The van der Waals surface area contributed by atoms with Crippen LogP contribution in [0, 0.1) is 17.5 Å². The molecule has 0 saturated carbocycles. The first-order chi connectivity index (χ1) is 13.0. The predicted molar refractivity (Wildman–Crippen MR) is 88.6 cm³/mol. The van der Waals surface area contributed by atoms with Crippen LogP contribution in [0.2, 0.25) is 5.02 Å². The zero-order valence-corrected chi connectivity index (χ0v) is 15.0. The maximum Gasteiger partial charge on any atom is 0.298 e. The highest BCUT2D eigenvalue weighted by molar-refractivity contribution is 7.89. The summed E-state index contributed by atoms with van der Waals surface area (Å²) in [7, 11) is -4.75. The topological polar surface area (TPSA) is 86.2 Å². The molecule has 0 aliphatic heterocycles. The van der Waals surface area contributed by atoms with E-state index in [1.165, 1.54) is 0 Å². The second-order valence-corrected chi connectivity index (χ2v) is 7.42. The minimum Gasteiger partial charge on any atom is -0.354 e. The van der Waals surface area contributed by atoms with E-state index in [1.54, 1.807) is 0 Å². The van der Waals surface area contributed by atoms with Gasteiger partial charge in [0.1, 0.15) is 23.1 Å². The van der Waals surface area contributed by atoms with Gasteiger partial charge in [-0.2, -0.15) is 0 Å². The molecule has 0 unspecified atom stereocenters. The summed E-state index contributed by atoms with van der Waals surface area (Å²) in [6.45, 7) is 0.